The van der Waals surface area contributed by atoms with E-state index in [4.69, 9.17) is 5.11 Å². The SMILES string of the molecule is CC.O=C(O)c1ccccc1N1CCN(P)CC1. The largest absolute Gasteiger partial charge is 0.478 e. The summed E-state index contributed by atoms with van der Waals surface area (Å²) in [4.78, 5) is 13.2. The molecule has 1 atom stereocenters. The van der Waals surface area contributed by atoms with Gasteiger partial charge in [-0.2, -0.15) is 0 Å². The van der Waals surface area contributed by atoms with Crippen LogP contribution in [0.4, 0.5) is 5.69 Å². The molecule has 18 heavy (non-hydrogen) atoms. The summed E-state index contributed by atoms with van der Waals surface area (Å²) in [5, 5.41) is 9.11. The van der Waals surface area contributed by atoms with Crippen molar-refractivity contribution < 1.29 is 9.90 Å². The maximum Gasteiger partial charge on any atom is 0.337 e. The molecule has 1 heterocycles. The van der Waals surface area contributed by atoms with Crippen molar-refractivity contribution in [3.8, 4) is 0 Å². The number of aromatic carboxylic acids is 1. The number of hydrogen-bond acceptors (Lipinski definition) is 3. The molecule has 0 aromatic heterocycles. The van der Waals surface area contributed by atoms with Gasteiger partial charge in [-0.15, -0.1) is 0 Å². The Morgan fingerprint density at radius 1 is 1.17 bits per heavy atom. The number of anilines is 1. The van der Waals surface area contributed by atoms with E-state index >= 15 is 0 Å². The summed E-state index contributed by atoms with van der Waals surface area (Å²) < 4.78 is 2.17. The summed E-state index contributed by atoms with van der Waals surface area (Å²) in [6.45, 7) is 7.62. The lowest BCUT2D eigenvalue weighted by Gasteiger charge is -2.34. The standard InChI is InChI=1S/C11H15N2O2P.C2H6/c14-11(15)9-3-1-2-4-10(9)12-5-7-13(16)8-6-12;1-2/h1-4H,5-8,16H2,(H,14,15);1-2H3. The topological polar surface area (TPSA) is 43.8 Å². The number of carboxylic acid groups (broad SMARTS) is 1. The van der Waals surface area contributed by atoms with Crippen LogP contribution < -0.4 is 4.90 Å². The Bertz CT molecular complexity index is 390. The number of benzene rings is 1. The molecule has 0 bridgehead atoms. The lowest BCUT2D eigenvalue weighted by Crippen LogP contribution is -2.42. The lowest BCUT2D eigenvalue weighted by molar-refractivity contribution is 0.0697. The van der Waals surface area contributed by atoms with E-state index in [1.165, 1.54) is 0 Å². The molecule has 0 spiro atoms. The van der Waals surface area contributed by atoms with Gasteiger partial charge in [-0.05, 0) is 12.1 Å². The highest BCUT2D eigenvalue weighted by atomic mass is 31.0. The number of carboxylic acids is 1. The van der Waals surface area contributed by atoms with Gasteiger partial charge in [-0.3, -0.25) is 4.67 Å². The van der Waals surface area contributed by atoms with Crippen LogP contribution in [0.1, 0.15) is 24.2 Å². The number of piperazine rings is 1. The predicted octanol–water partition coefficient (Wildman–Crippen LogP) is 2.32. The van der Waals surface area contributed by atoms with Crippen molar-refractivity contribution in [2.45, 2.75) is 13.8 Å². The van der Waals surface area contributed by atoms with E-state index in [9.17, 15) is 4.79 Å². The van der Waals surface area contributed by atoms with E-state index in [0.29, 0.717) is 5.56 Å². The van der Waals surface area contributed by atoms with Crippen molar-refractivity contribution in [2.24, 2.45) is 0 Å². The van der Waals surface area contributed by atoms with Gasteiger partial charge in [0, 0.05) is 26.2 Å². The minimum absolute atomic E-state index is 0.389. The maximum absolute atomic E-state index is 11.1. The quantitative estimate of drug-likeness (QED) is 0.836. The zero-order chi connectivity index (χ0) is 13.5. The van der Waals surface area contributed by atoms with Gasteiger partial charge in [-0.25, -0.2) is 4.79 Å². The normalized spacial score (nSPS) is 15.8. The van der Waals surface area contributed by atoms with Gasteiger partial charge in [-0.1, -0.05) is 35.4 Å². The Hall–Kier alpha value is -1.12. The van der Waals surface area contributed by atoms with E-state index in [1.54, 1.807) is 12.1 Å². The molecule has 1 fully saturated rings. The third kappa shape index (κ3) is 3.69. The van der Waals surface area contributed by atoms with Crippen molar-refractivity contribution in [3.63, 3.8) is 0 Å². The van der Waals surface area contributed by atoms with E-state index in [1.807, 2.05) is 26.0 Å². The van der Waals surface area contributed by atoms with E-state index in [-0.39, 0.29) is 0 Å². The first-order valence-electron chi connectivity index (χ1n) is 6.25. The van der Waals surface area contributed by atoms with Crippen LogP contribution in [0.5, 0.6) is 0 Å². The van der Waals surface area contributed by atoms with Gasteiger partial charge < -0.3 is 10.0 Å². The number of carbonyl (C=O) groups is 1. The first-order chi connectivity index (χ1) is 8.68. The van der Waals surface area contributed by atoms with Crippen molar-refractivity contribution in [1.82, 2.24) is 4.67 Å². The third-order valence-corrected chi connectivity index (χ3v) is 3.31. The molecule has 1 aromatic carbocycles. The average Bonchev–Trinajstić information content (AvgIpc) is 2.42. The van der Waals surface area contributed by atoms with E-state index in [2.05, 4.69) is 19.0 Å². The van der Waals surface area contributed by atoms with Crippen LogP contribution in [-0.4, -0.2) is 41.9 Å². The summed E-state index contributed by atoms with van der Waals surface area (Å²) in [6, 6.07) is 7.18. The molecule has 2 rings (SSSR count). The zero-order valence-electron chi connectivity index (χ0n) is 11.0. The molecule has 0 amide bonds. The lowest BCUT2D eigenvalue weighted by atomic mass is 10.1. The first kappa shape index (κ1) is 14.9. The van der Waals surface area contributed by atoms with E-state index < -0.39 is 5.97 Å². The summed E-state index contributed by atoms with van der Waals surface area (Å²) in [5.74, 6) is -0.857. The van der Waals surface area contributed by atoms with Crippen LogP contribution in [0, 0.1) is 0 Å². The molecule has 0 saturated carbocycles. The van der Waals surface area contributed by atoms with Crippen LogP contribution in [-0.2, 0) is 0 Å². The highest BCUT2D eigenvalue weighted by Gasteiger charge is 2.19. The molecule has 5 heteroatoms. The Kier molecular flexibility index (Phi) is 6.10. The van der Waals surface area contributed by atoms with Crippen molar-refractivity contribution in [1.29, 1.82) is 0 Å². The fraction of sp³-hybridized carbons (Fsp3) is 0.462. The minimum Gasteiger partial charge on any atom is -0.478 e. The number of nitrogens with zero attached hydrogens (tertiary/aromatic N) is 2. The predicted molar refractivity (Wildman–Crippen MR) is 78.2 cm³/mol. The fourth-order valence-corrected chi connectivity index (χ4v) is 2.12. The molecule has 1 aromatic rings. The second kappa shape index (κ2) is 7.34. The molecule has 1 saturated heterocycles. The zero-order valence-corrected chi connectivity index (χ0v) is 12.1. The number of hydrogen-bond donors (Lipinski definition) is 1. The van der Waals surface area contributed by atoms with Gasteiger partial charge in [0.1, 0.15) is 0 Å². The Morgan fingerprint density at radius 2 is 1.72 bits per heavy atom. The fourth-order valence-electron chi connectivity index (χ4n) is 1.89. The van der Waals surface area contributed by atoms with Crippen LogP contribution >= 0.6 is 9.39 Å². The molecule has 4 nitrogen and oxygen atoms in total. The van der Waals surface area contributed by atoms with Crippen LogP contribution in [0.15, 0.2) is 24.3 Å². The molecule has 0 radical (unpaired) electrons. The molecule has 100 valence electrons. The van der Waals surface area contributed by atoms with Gasteiger partial charge in [0.2, 0.25) is 0 Å². The molecular weight excluding hydrogens is 247 g/mol. The summed E-state index contributed by atoms with van der Waals surface area (Å²) in [7, 11) is 2.68. The summed E-state index contributed by atoms with van der Waals surface area (Å²) in [5.41, 5.74) is 1.22. The average molecular weight is 268 g/mol. The molecule has 1 unspecified atom stereocenters. The minimum atomic E-state index is -0.857. The summed E-state index contributed by atoms with van der Waals surface area (Å²) in [6.07, 6.45) is 0. The van der Waals surface area contributed by atoms with Gasteiger partial charge in [0.05, 0.1) is 11.3 Å². The number of para-hydroxylation sites is 1. The van der Waals surface area contributed by atoms with Gasteiger partial charge in [0.25, 0.3) is 0 Å². The first-order valence-corrected chi connectivity index (χ1v) is 6.77. The maximum atomic E-state index is 11.1. The Balaban J connectivity index is 0.000000771. The Morgan fingerprint density at radius 3 is 2.28 bits per heavy atom. The second-order valence-corrected chi connectivity index (χ2v) is 4.58. The Labute approximate surface area is 111 Å². The van der Waals surface area contributed by atoms with Crippen LogP contribution in [0.25, 0.3) is 0 Å². The molecule has 1 N–H and O–H groups in total. The van der Waals surface area contributed by atoms with Crippen LogP contribution in [0.3, 0.4) is 0 Å². The van der Waals surface area contributed by atoms with Crippen LogP contribution in [0.2, 0.25) is 0 Å². The molecule has 0 aliphatic carbocycles. The third-order valence-electron chi connectivity index (χ3n) is 2.79. The van der Waals surface area contributed by atoms with E-state index in [0.717, 1.165) is 31.9 Å². The molecular formula is C13H21N2O2P. The number of rotatable bonds is 2. The van der Waals surface area contributed by atoms with Crippen molar-refractivity contribution in [3.05, 3.63) is 29.8 Å². The van der Waals surface area contributed by atoms with Gasteiger partial charge >= 0.3 is 5.97 Å². The monoisotopic (exact) mass is 268 g/mol. The second-order valence-electron chi connectivity index (χ2n) is 3.85. The molecule has 1 aliphatic heterocycles. The highest BCUT2D eigenvalue weighted by molar-refractivity contribution is 7.13. The smallest absolute Gasteiger partial charge is 0.337 e. The van der Waals surface area contributed by atoms with Crippen molar-refractivity contribution in [2.75, 3.05) is 31.1 Å². The molecule has 1 aliphatic rings. The highest BCUT2D eigenvalue weighted by Crippen LogP contribution is 2.22. The van der Waals surface area contributed by atoms with Gasteiger partial charge in [0.15, 0.2) is 0 Å². The van der Waals surface area contributed by atoms with Crippen molar-refractivity contribution >= 4 is 21.0 Å². The summed E-state index contributed by atoms with van der Waals surface area (Å²) >= 11 is 0.